The highest BCUT2D eigenvalue weighted by atomic mass is 19.4. The van der Waals surface area contributed by atoms with Crippen molar-refractivity contribution >= 4 is 22.4 Å². The van der Waals surface area contributed by atoms with E-state index in [9.17, 15) is 13.2 Å². The molecule has 0 saturated carbocycles. The molecule has 4 rings (SSSR count). The monoisotopic (exact) mass is 411 g/mol. The van der Waals surface area contributed by atoms with Crippen molar-refractivity contribution in [1.82, 2.24) is 9.97 Å². The molecule has 0 amide bonds. The number of nitrogens with zero attached hydrogens (tertiary/aromatic N) is 2. The molecule has 0 aliphatic heterocycles. The van der Waals surface area contributed by atoms with Crippen LogP contribution in [0.4, 0.5) is 24.7 Å². The van der Waals surface area contributed by atoms with E-state index in [0.717, 1.165) is 28.7 Å². The molecule has 1 N–H and O–H groups in total. The van der Waals surface area contributed by atoms with Gasteiger partial charge >= 0.3 is 6.18 Å². The Kier molecular flexibility index (Phi) is 5.14. The van der Waals surface area contributed by atoms with Gasteiger partial charge in [0.1, 0.15) is 29.4 Å². The number of anilines is 2. The SMILES string of the molecule is COc1ccc2c(Nc3ccc(Oc4ccc(C(F)(F)F)cc4)cc3)ncnc2c1. The van der Waals surface area contributed by atoms with Crippen LogP contribution in [0.15, 0.2) is 73.1 Å². The number of hydrogen-bond donors (Lipinski definition) is 1. The molecule has 4 aromatic rings. The molecule has 0 atom stereocenters. The lowest BCUT2D eigenvalue weighted by Gasteiger charge is -2.11. The largest absolute Gasteiger partial charge is 0.497 e. The van der Waals surface area contributed by atoms with Gasteiger partial charge in [0.15, 0.2) is 0 Å². The lowest BCUT2D eigenvalue weighted by atomic mass is 10.2. The molecule has 0 fully saturated rings. The van der Waals surface area contributed by atoms with Crippen LogP contribution in [0.25, 0.3) is 10.9 Å². The highest BCUT2D eigenvalue weighted by molar-refractivity contribution is 5.91. The highest BCUT2D eigenvalue weighted by Gasteiger charge is 2.30. The first-order valence-corrected chi connectivity index (χ1v) is 8.93. The molecular formula is C22H16F3N3O2. The van der Waals surface area contributed by atoms with Gasteiger partial charge in [-0.05, 0) is 60.7 Å². The van der Waals surface area contributed by atoms with Crippen LogP contribution in [0, 0.1) is 0 Å². The Balaban J connectivity index is 1.48. The molecule has 152 valence electrons. The molecule has 30 heavy (non-hydrogen) atoms. The molecule has 0 unspecified atom stereocenters. The third kappa shape index (κ3) is 4.27. The number of fused-ring (bicyclic) bond motifs is 1. The number of hydrogen-bond acceptors (Lipinski definition) is 5. The zero-order valence-corrected chi connectivity index (χ0v) is 15.8. The van der Waals surface area contributed by atoms with Gasteiger partial charge in [0.2, 0.25) is 0 Å². The second kappa shape index (κ2) is 7.90. The number of ether oxygens (including phenoxy) is 2. The van der Waals surface area contributed by atoms with Crippen LogP contribution in [0.2, 0.25) is 0 Å². The summed E-state index contributed by atoms with van der Waals surface area (Å²) in [6, 6.07) is 17.1. The summed E-state index contributed by atoms with van der Waals surface area (Å²) in [5, 5.41) is 4.06. The van der Waals surface area contributed by atoms with Crippen LogP contribution in [0.3, 0.4) is 0 Å². The summed E-state index contributed by atoms with van der Waals surface area (Å²) < 4.78 is 48.8. The smallest absolute Gasteiger partial charge is 0.416 e. The van der Waals surface area contributed by atoms with Crippen LogP contribution in [0.5, 0.6) is 17.2 Å². The lowest BCUT2D eigenvalue weighted by Crippen LogP contribution is -2.03. The normalized spacial score (nSPS) is 11.3. The molecule has 3 aromatic carbocycles. The number of nitrogens with one attached hydrogen (secondary N) is 1. The number of halogens is 3. The Bertz CT molecular complexity index is 1160. The van der Waals surface area contributed by atoms with E-state index >= 15 is 0 Å². The number of rotatable bonds is 5. The van der Waals surface area contributed by atoms with Gasteiger partial charge in [-0.1, -0.05) is 0 Å². The predicted molar refractivity (Wildman–Crippen MR) is 107 cm³/mol. The van der Waals surface area contributed by atoms with E-state index in [4.69, 9.17) is 9.47 Å². The van der Waals surface area contributed by atoms with Crippen LogP contribution < -0.4 is 14.8 Å². The van der Waals surface area contributed by atoms with Crippen molar-refractivity contribution in [3.8, 4) is 17.2 Å². The molecule has 0 saturated heterocycles. The average molecular weight is 411 g/mol. The minimum atomic E-state index is -4.37. The number of aromatic nitrogens is 2. The third-order valence-electron chi connectivity index (χ3n) is 4.38. The summed E-state index contributed by atoms with van der Waals surface area (Å²) in [4.78, 5) is 8.54. The van der Waals surface area contributed by atoms with E-state index < -0.39 is 11.7 Å². The van der Waals surface area contributed by atoms with Crippen LogP contribution in [0.1, 0.15) is 5.56 Å². The Morgan fingerprint density at radius 1 is 0.800 bits per heavy atom. The van der Waals surface area contributed by atoms with Gasteiger partial charge in [-0.3, -0.25) is 0 Å². The first-order valence-electron chi connectivity index (χ1n) is 8.93. The zero-order valence-electron chi connectivity index (χ0n) is 15.8. The fourth-order valence-corrected chi connectivity index (χ4v) is 2.85. The Hall–Kier alpha value is -3.81. The Morgan fingerprint density at radius 3 is 2.07 bits per heavy atom. The predicted octanol–water partition coefficient (Wildman–Crippen LogP) is 6.19. The van der Waals surface area contributed by atoms with Gasteiger partial charge in [-0.2, -0.15) is 13.2 Å². The first kappa shape index (κ1) is 19.5. The average Bonchev–Trinajstić information content (AvgIpc) is 2.74. The van der Waals surface area contributed by atoms with E-state index in [1.807, 2.05) is 18.2 Å². The molecule has 0 aliphatic carbocycles. The number of methoxy groups -OCH3 is 1. The molecule has 1 aromatic heterocycles. The first-order chi connectivity index (χ1) is 14.4. The fourth-order valence-electron chi connectivity index (χ4n) is 2.85. The molecule has 0 radical (unpaired) electrons. The topological polar surface area (TPSA) is 56.3 Å². The highest BCUT2D eigenvalue weighted by Crippen LogP contribution is 2.32. The van der Waals surface area contributed by atoms with Crippen molar-refractivity contribution in [2.75, 3.05) is 12.4 Å². The van der Waals surface area contributed by atoms with Gasteiger partial charge in [-0.25, -0.2) is 9.97 Å². The van der Waals surface area contributed by atoms with Crippen molar-refractivity contribution in [3.63, 3.8) is 0 Å². The summed E-state index contributed by atoms with van der Waals surface area (Å²) in [6.07, 6.45) is -2.91. The second-order valence-electron chi connectivity index (χ2n) is 6.38. The van der Waals surface area contributed by atoms with Gasteiger partial charge in [-0.15, -0.1) is 0 Å². The van der Waals surface area contributed by atoms with Gasteiger partial charge in [0, 0.05) is 17.1 Å². The van der Waals surface area contributed by atoms with Crippen LogP contribution in [-0.4, -0.2) is 17.1 Å². The second-order valence-corrected chi connectivity index (χ2v) is 6.38. The maximum absolute atomic E-state index is 12.6. The summed E-state index contributed by atoms with van der Waals surface area (Å²) in [5.41, 5.74) is 0.795. The van der Waals surface area contributed by atoms with E-state index in [1.54, 1.807) is 31.4 Å². The molecule has 8 heteroatoms. The Labute approximate surface area is 170 Å². The lowest BCUT2D eigenvalue weighted by molar-refractivity contribution is -0.137. The minimum Gasteiger partial charge on any atom is -0.497 e. The Morgan fingerprint density at radius 2 is 1.43 bits per heavy atom. The van der Waals surface area contributed by atoms with E-state index in [1.165, 1.54) is 18.5 Å². The van der Waals surface area contributed by atoms with Crippen molar-refractivity contribution < 1.29 is 22.6 Å². The van der Waals surface area contributed by atoms with Crippen molar-refractivity contribution in [3.05, 3.63) is 78.6 Å². The van der Waals surface area contributed by atoms with E-state index in [-0.39, 0.29) is 0 Å². The van der Waals surface area contributed by atoms with E-state index in [0.29, 0.717) is 23.1 Å². The molecule has 0 aliphatic rings. The van der Waals surface area contributed by atoms with Crippen molar-refractivity contribution in [2.24, 2.45) is 0 Å². The molecule has 1 heterocycles. The number of alkyl halides is 3. The number of benzene rings is 3. The van der Waals surface area contributed by atoms with Gasteiger partial charge in [0.05, 0.1) is 18.2 Å². The molecule has 0 bridgehead atoms. The van der Waals surface area contributed by atoms with Gasteiger partial charge in [0.25, 0.3) is 0 Å². The van der Waals surface area contributed by atoms with Crippen molar-refractivity contribution in [2.45, 2.75) is 6.18 Å². The summed E-state index contributed by atoms with van der Waals surface area (Å²) >= 11 is 0. The van der Waals surface area contributed by atoms with Crippen molar-refractivity contribution in [1.29, 1.82) is 0 Å². The fraction of sp³-hybridized carbons (Fsp3) is 0.0909. The zero-order chi connectivity index (χ0) is 21.1. The molecule has 5 nitrogen and oxygen atoms in total. The van der Waals surface area contributed by atoms with E-state index in [2.05, 4.69) is 15.3 Å². The molecular weight excluding hydrogens is 395 g/mol. The van der Waals surface area contributed by atoms with Gasteiger partial charge < -0.3 is 14.8 Å². The summed E-state index contributed by atoms with van der Waals surface area (Å²) in [7, 11) is 1.59. The quantitative estimate of drug-likeness (QED) is 0.424. The molecule has 0 spiro atoms. The third-order valence-corrected chi connectivity index (χ3v) is 4.38. The summed E-state index contributed by atoms with van der Waals surface area (Å²) in [6.45, 7) is 0. The minimum absolute atomic E-state index is 0.319. The maximum atomic E-state index is 12.6. The summed E-state index contributed by atoms with van der Waals surface area (Å²) in [5.74, 6) is 2.16. The van der Waals surface area contributed by atoms with Crippen LogP contribution >= 0.6 is 0 Å². The standard InChI is InChI=1S/C22H16F3N3O2/c1-29-18-10-11-19-20(12-18)26-13-27-21(19)28-15-4-8-17(9-5-15)30-16-6-2-14(3-7-16)22(23,24)25/h2-13H,1H3,(H,26,27,28). The van der Waals surface area contributed by atoms with Crippen LogP contribution in [-0.2, 0) is 6.18 Å². The maximum Gasteiger partial charge on any atom is 0.416 e.